The molecule has 0 amide bonds. The van der Waals surface area contributed by atoms with Gasteiger partial charge in [0.15, 0.2) is 16.7 Å². The number of nitrogens with zero attached hydrogens (tertiary/aromatic N) is 1. The number of nitro groups is 1. The third-order valence-electron chi connectivity index (χ3n) is 1.16. The van der Waals surface area contributed by atoms with E-state index >= 15 is 0 Å². The highest BCUT2D eigenvalue weighted by molar-refractivity contribution is 5.42. The SMILES string of the molecule is O=[N+]([O-])Nc1cccc(F)c1F. The zero-order valence-corrected chi connectivity index (χ0v) is 5.75. The Morgan fingerprint density at radius 2 is 2.08 bits per heavy atom. The van der Waals surface area contributed by atoms with Gasteiger partial charge in [0, 0.05) is 0 Å². The first-order valence-corrected chi connectivity index (χ1v) is 2.96. The number of hydrazine groups is 1. The zero-order valence-electron chi connectivity index (χ0n) is 5.75. The lowest BCUT2D eigenvalue weighted by Gasteiger charge is -1.98. The van der Waals surface area contributed by atoms with E-state index in [2.05, 4.69) is 0 Å². The zero-order chi connectivity index (χ0) is 9.14. The molecule has 0 aliphatic carbocycles. The molecule has 0 aromatic heterocycles. The van der Waals surface area contributed by atoms with Gasteiger partial charge in [0.1, 0.15) is 5.69 Å². The summed E-state index contributed by atoms with van der Waals surface area (Å²) >= 11 is 0. The van der Waals surface area contributed by atoms with Crippen LogP contribution in [-0.4, -0.2) is 5.03 Å². The molecule has 1 aromatic carbocycles. The van der Waals surface area contributed by atoms with Gasteiger partial charge in [0.2, 0.25) is 0 Å². The maximum absolute atomic E-state index is 12.6. The lowest BCUT2D eigenvalue weighted by atomic mass is 10.3. The van der Waals surface area contributed by atoms with Gasteiger partial charge in [0.05, 0.1) is 0 Å². The van der Waals surface area contributed by atoms with Crippen LogP contribution in [0.3, 0.4) is 0 Å². The van der Waals surface area contributed by atoms with Crippen molar-refractivity contribution in [3.63, 3.8) is 0 Å². The Hall–Kier alpha value is -1.72. The molecule has 0 unspecified atom stereocenters. The van der Waals surface area contributed by atoms with E-state index in [-0.39, 0.29) is 0 Å². The van der Waals surface area contributed by atoms with Crippen molar-refractivity contribution in [2.75, 3.05) is 5.43 Å². The average Bonchev–Trinajstić information content (AvgIpc) is 1.98. The summed E-state index contributed by atoms with van der Waals surface area (Å²) < 4.78 is 25.0. The molecule has 0 atom stereocenters. The molecule has 0 spiro atoms. The lowest BCUT2D eigenvalue weighted by molar-refractivity contribution is -0.445. The molecule has 0 saturated heterocycles. The number of benzene rings is 1. The average molecular weight is 174 g/mol. The first kappa shape index (κ1) is 8.38. The van der Waals surface area contributed by atoms with E-state index in [1.165, 1.54) is 11.5 Å². The van der Waals surface area contributed by atoms with Crippen LogP contribution in [0.15, 0.2) is 18.2 Å². The fourth-order valence-corrected chi connectivity index (χ4v) is 0.688. The van der Waals surface area contributed by atoms with E-state index in [9.17, 15) is 18.9 Å². The topological polar surface area (TPSA) is 55.2 Å². The molecule has 0 saturated carbocycles. The van der Waals surface area contributed by atoms with Crippen LogP contribution in [0.2, 0.25) is 0 Å². The molecule has 1 aromatic rings. The number of nitrogens with one attached hydrogen (secondary N) is 1. The summed E-state index contributed by atoms with van der Waals surface area (Å²) in [4.78, 5) is 9.84. The summed E-state index contributed by atoms with van der Waals surface area (Å²) in [6.45, 7) is 0. The van der Waals surface area contributed by atoms with Gasteiger partial charge in [-0.05, 0) is 12.1 Å². The Morgan fingerprint density at radius 1 is 1.42 bits per heavy atom. The van der Waals surface area contributed by atoms with Gasteiger partial charge in [-0.15, -0.1) is 5.43 Å². The molecule has 0 bridgehead atoms. The van der Waals surface area contributed by atoms with Crippen LogP contribution in [0, 0.1) is 21.7 Å². The van der Waals surface area contributed by atoms with Gasteiger partial charge in [-0.3, -0.25) is 0 Å². The number of hydrogen-bond acceptors (Lipinski definition) is 2. The Bertz CT molecular complexity index is 316. The Balaban J connectivity index is 3.00. The summed E-state index contributed by atoms with van der Waals surface area (Å²) in [5.41, 5.74) is 1.03. The van der Waals surface area contributed by atoms with Crippen molar-refractivity contribution < 1.29 is 13.8 Å². The van der Waals surface area contributed by atoms with Crippen LogP contribution in [0.25, 0.3) is 0 Å². The van der Waals surface area contributed by atoms with Gasteiger partial charge >= 0.3 is 0 Å². The normalized spacial score (nSPS) is 9.50. The first-order chi connectivity index (χ1) is 5.61. The van der Waals surface area contributed by atoms with Crippen molar-refractivity contribution in [1.29, 1.82) is 0 Å². The number of halogens is 2. The highest BCUT2D eigenvalue weighted by atomic mass is 19.2. The summed E-state index contributed by atoms with van der Waals surface area (Å²) in [5, 5.41) is 8.88. The minimum absolute atomic E-state index is 0.486. The van der Waals surface area contributed by atoms with E-state index < -0.39 is 22.4 Å². The predicted octanol–water partition coefficient (Wildman–Crippen LogP) is 1.57. The molecule has 64 valence electrons. The van der Waals surface area contributed by atoms with Crippen LogP contribution in [0.4, 0.5) is 14.5 Å². The highest BCUT2D eigenvalue weighted by Gasteiger charge is 2.10. The molecule has 0 heterocycles. The Kier molecular flexibility index (Phi) is 2.18. The van der Waals surface area contributed by atoms with Crippen LogP contribution in [0.5, 0.6) is 0 Å². The Labute approximate surface area is 65.9 Å². The monoisotopic (exact) mass is 174 g/mol. The number of rotatable bonds is 2. The predicted molar refractivity (Wildman–Crippen MR) is 37.0 cm³/mol. The fourth-order valence-electron chi connectivity index (χ4n) is 0.688. The molecular formula is C6H4F2N2O2. The molecule has 1 rings (SSSR count). The molecule has 6 heteroatoms. The van der Waals surface area contributed by atoms with E-state index in [0.717, 1.165) is 12.1 Å². The number of anilines is 1. The van der Waals surface area contributed by atoms with Crippen molar-refractivity contribution in [3.8, 4) is 0 Å². The third kappa shape index (κ3) is 1.66. The second kappa shape index (κ2) is 3.12. The van der Waals surface area contributed by atoms with Crippen molar-refractivity contribution >= 4 is 5.69 Å². The molecule has 1 N–H and O–H groups in total. The molecule has 4 nitrogen and oxygen atoms in total. The molecular weight excluding hydrogens is 170 g/mol. The van der Waals surface area contributed by atoms with Gasteiger partial charge in [-0.25, -0.2) is 18.9 Å². The van der Waals surface area contributed by atoms with Crippen LogP contribution >= 0.6 is 0 Å². The van der Waals surface area contributed by atoms with E-state index in [1.807, 2.05) is 0 Å². The molecule has 0 aliphatic rings. The van der Waals surface area contributed by atoms with E-state index in [1.54, 1.807) is 0 Å². The summed E-state index contributed by atoms with van der Waals surface area (Å²) in [6, 6.07) is 3.12. The highest BCUT2D eigenvalue weighted by Crippen LogP contribution is 2.15. The fraction of sp³-hybridized carbons (Fsp3) is 0. The second-order valence-electron chi connectivity index (χ2n) is 1.97. The van der Waals surface area contributed by atoms with Gasteiger partial charge in [0.25, 0.3) is 0 Å². The molecule has 0 radical (unpaired) electrons. The van der Waals surface area contributed by atoms with Crippen molar-refractivity contribution in [3.05, 3.63) is 39.9 Å². The quantitative estimate of drug-likeness (QED) is 0.546. The van der Waals surface area contributed by atoms with Crippen LogP contribution < -0.4 is 5.43 Å². The van der Waals surface area contributed by atoms with Crippen LogP contribution in [-0.2, 0) is 0 Å². The molecule has 0 aliphatic heterocycles. The standard InChI is InChI=1S/C6H4F2N2O2/c7-4-2-1-3-5(6(4)8)9-10(11)12/h1-3,9H. The van der Waals surface area contributed by atoms with Crippen molar-refractivity contribution in [2.45, 2.75) is 0 Å². The summed E-state index contributed by atoms with van der Waals surface area (Å²) in [7, 11) is 0. The van der Waals surface area contributed by atoms with Crippen molar-refractivity contribution in [1.82, 2.24) is 0 Å². The molecule has 0 fully saturated rings. The van der Waals surface area contributed by atoms with Gasteiger partial charge in [-0.2, -0.15) is 0 Å². The largest absolute Gasteiger partial charge is 0.235 e. The minimum Gasteiger partial charge on any atom is -0.235 e. The third-order valence-corrected chi connectivity index (χ3v) is 1.16. The Morgan fingerprint density at radius 3 is 2.67 bits per heavy atom. The maximum atomic E-state index is 12.6. The second-order valence-corrected chi connectivity index (χ2v) is 1.97. The molecule has 12 heavy (non-hydrogen) atoms. The van der Waals surface area contributed by atoms with Crippen molar-refractivity contribution in [2.24, 2.45) is 0 Å². The summed E-state index contributed by atoms with van der Waals surface area (Å²) in [5.74, 6) is -2.38. The smallest absolute Gasteiger partial charge is 0.187 e. The van der Waals surface area contributed by atoms with E-state index in [0.29, 0.717) is 0 Å². The van der Waals surface area contributed by atoms with Gasteiger partial charge in [-0.1, -0.05) is 6.07 Å². The first-order valence-electron chi connectivity index (χ1n) is 2.96. The van der Waals surface area contributed by atoms with Crippen LogP contribution in [0.1, 0.15) is 0 Å². The van der Waals surface area contributed by atoms with Gasteiger partial charge < -0.3 is 0 Å². The summed E-state index contributed by atoms with van der Waals surface area (Å²) in [6.07, 6.45) is 0. The minimum atomic E-state index is -1.26. The maximum Gasteiger partial charge on any atom is 0.187 e. The van der Waals surface area contributed by atoms with E-state index in [4.69, 9.17) is 0 Å². The number of hydrogen-bond donors (Lipinski definition) is 1. The lowest BCUT2D eigenvalue weighted by Crippen LogP contribution is -2.09.